The van der Waals surface area contributed by atoms with Crippen LogP contribution in [0.25, 0.3) is 0 Å². The minimum Gasteiger partial charge on any atom is -0.264 e. The zero-order valence-electron chi connectivity index (χ0n) is 13.6. The average Bonchev–Trinajstić information content (AvgIpc) is 2.52. The molecule has 0 atom stereocenters. The normalized spacial score (nSPS) is 12.9. The van der Waals surface area contributed by atoms with Crippen molar-refractivity contribution in [3.63, 3.8) is 0 Å². The van der Waals surface area contributed by atoms with E-state index >= 15 is 0 Å². The van der Waals surface area contributed by atoms with Gasteiger partial charge >= 0.3 is 10.4 Å². The summed E-state index contributed by atoms with van der Waals surface area (Å²) in [6.07, 6.45) is 2.73. The number of hydrogen-bond donors (Lipinski definition) is 2. The van der Waals surface area contributed by atoms with Crippen molar-refractivity contribution in [1.29, 1.82) is 0 Å². The molecule has 2 aromatic rings. The molecule has 0 spiro atoms. The Balaban J connectivity index is 2.08. The fraction of sp³-hybridized carbons (Fsp3) is 0.267. The molecule has 0 aliphatic carbocycles. The summed E-state index contributed by atoms with van der Waals surface area (Å²) in [5, 5.41) is 0. The van der Waals surface area contributed by atoms with Gasteiger partial charge < -0.3 is 0 Å². The van der Waals surface area contributed by atoms with Crippen LogP contribution in [0.15, 0.2) is 53.7 Å². The number of sulfonamides is 1. The van der Waals surface area contributed by atoms with Crippen LogP contribution in [0, 0.1) is 0 Å². The third-order valence-corrected chi connectivity index (χ3v) is 5.39. The lowest BCUT2D eigenvalue weighted by atomic mass is 9.97. The Morgan fingerprint density at radius 2 is 1.76 bits per heavy atom. The fourth-order valence-electron chi connectivity index (χ4n) is 2.10. The highest BCUT2D eigenvalue weighted by Crippen LogP contribution is 2.26. The molecular weight excluding hydrogens is 368 g/mol. The maximum Gasteiger partial charge on any atom is 0.398 e. The van der Waals surface area contributed by atoms with Crippen LogP contribution in [0.3, 0.4) is 0 Å². The lowest BCUT2D eigenvalue weighted by Gasteiger charge is -2.23. The van der Waals surface area contributed by atoms with E-state index in [2.05, 4.69) is 13.9 Å². The molecule has 0 saturated carbocycles. The van der Waals surface area contributed by atoms with Crippen molar-refractivity contribution in [2.75, 3.05) is 0 Å². The molecule has 0 unspecified atom stereocenters. The van der Waals surface area contributed by atoms with E-state index < -0.39 is 26.0 Å². The van der Waals surface area contributed by atoms with Crippen LogP contribution in [0.2, 0.25) is 0 Å². The fourth-order valence-corrected chi connectivity index (χ4v) is 3.71. The molecule has 25 heavy (non-hydrogen) atoms. The minimum absolute atomic E-state index is 0.0527. The van der Waals surface area contributed by atoms with Crippen molar-refractivity contribution < 1.29 is 25.6 Å². The van der Waals surface area contributed by atoms with Crippen molar-refractivity contribution in [3.8, 4) is 0 Å². The summed E-state index contributed by atoms with van der Waals surface area (Å²) in [6, 6.07) is 9.43. The number of hydrogen-bond acceptors (Lipinski definition) is 6. The standard InChI is InChI=1S/C15H18N2O6S2/c1-15(2,23-25(20,21)22)13-7-5-12(6-8-13)10-17-24(18,19)14-4-3-9-16-11-14/h3-9,11,17H,10H2,1-2H3,(H,20,21,22). The number of pyridine rings is 1. The molecule has 0 bridgehead atoms. The Bertz CT molecular complexity index is 924. The van der Waals surface area contributed by atoms with E-state index in [-0.39, 0.29) is 11.4 Å². The van der Waals surface area contributed by atoms with Crippen LogP contribution in [0.1, 0.15) is 25.0 Å². The molecule has 2 N–H and O–H groups in total. The van der Waals surface area contributed by atoms with E-state index in [9.17, 15) is 16.8 Å². The number of nitrogens with zero attached hydrogens (tertiary/aromatic N) is 1. The van der Waals surface area contributed by atoms with Crippen LogP contribution >= 0.6 is 0 Å². The second-order valence-electron chi connectivity index (χ2n) is 5.73. The zero-order valence-corrected chi connectivity index (χ0v) is 15.2. The quantitative estimate of drug-likeness (QED) is 0.693. The Morgan fingerprint density at radius 1 is 1.12 bits per heavy atom. The molecule has 0 radical (unpaired) electrons. The SMILES string of the molecule is CC(C)(OS(=O)(=O)O)c1ccc(CNS(=O)(=O)c2cccnc2)cc1. The van der Waals surface area contributed by atoms with E-state index in [0.717, 1.165) is 0 Å². The van der Waals surface area contributed by atoms with E-state index in [1.807, 2.05) is 0 Å². The van der Waals surface area contributed by atoms with Crippen molar-refractivity contribution in [3.05, 3.63) is 59.9 Å². The Labute approximate surface area is 146 Å². The summed E-state index contributed by atoms with van der Waals surface area (Å²) < 4.78 is 61.9. The first-order valence-corrected chi connectivity index (χ1v) is 10.0. The van der Waals surface area contributed by atoms with E-state index in [1.165, 1.54) is 38.4 Å². The van der Waals surface area contributed by atoms with Gasteiger partial charge in [0.15, 0.2) is 0 Å². The molecule has 10 heteroatoms. The van der Waals surface area contributed by atoms with Gasteiger partial charge in [-0.05, 0) is 37.1 Å². The van der Waals surface area contributed by atoms with Crippen LogP contribution in [-0.2, 0) is 36.8 Å². The predicted octanol–water partition coefficient (Wildman–Crippen LogP) is 1.61. The van der Waals surface area contributed by atoms with Gasteiger partial charge in [-0.25, -0.2) is 17.3 Å². The molecular formula is C15H18N2O6S2. The first-order chi connectivity index (χ1) is 11.5. The third-order valence-electron chi connectivity index (χ3n) is 3.37. The first-order valence-electron chi connectivity index (χ1n) is 7.17. The average molecular weight is 386 g/mol. The van der Waals surface area contributed by atoms with Gasteiger partial charge in [-0.3, -0.25) is 9.54 Å². The Kier molecular flexibility index (Phi) is 5.59. The molecule has 136 valence electrons. The maximum absolute atomic E-state index is 12.1. The molecule has 1 aromatic carbocycles. The van der Waals surface area contributed by atoms with Gasteiger partial charge in [-0.1, -0.05) is 24.3 Å². The summed E-state index contributed by atoms with van der Waals surface area (Å²) in [5.74, 6) is 0. The topological polar surface area (TPSA) is 123 Å². The monoisotopic (exact) mass is 386 g/mol. The van der Waals surface area contributed by atoms with Crippen LogP contribution in [-0.4, -0.2) is 26.4 Å². The van der Waals surface area contributed by atoms with Gasteiger partial charge in [0.05, 0.1) is 0 Å². The summed E-state index contributed by atoms with van der Waals surface area (Å²) in [7, 11) is -8.27. The van der Waals surface area contributed by atoms with Crippen molar-refractivity contribution in [1.82, 2.24) is 9.71 Å². The van der Waals surface area contributed by atoms with Crippen molar-refractivity contribution in [2.24, 2.45) is 0 Å². The molecule has 1 aromatic heterocycles. The largest absolute Gasteiger partial charge is 0.398 e. The van der Waals surface area contributed by atoms with Crippen LogP contribution in [0.5, 0.6) is 0 Å². The van der Waals surface area contributed by atoms with Gasteiger partial charge in [0.2, 0.25) is 10.0 Å². The number of benzene rings is 1. The number of aromatic nitrogens is 1. The summed E-state index contributed by atoms with van der Waals surface area (Å²) in [4.78, 5) is 3.84. The molecule has 8 nitrogen and oxygen atoms in total. The van der Waals surface area contributed by atoms with E-state index in [0.29, 0.717) is 11.1 Å². The lowest BCUT2D eigenvalue weighted by molar-refractivity contribution is 0.0985. The Morgan fingerprint density at radius 3 is 2.28 bits per heavy atom. The highest BCUT2D eigenvalue weighted by molar-refractivity contribution is 7.89. The molecule has 0 fully saturated rings. The smallest absolute Gasteiger partial charge is 0.264 e. The van der Waals surface area contributed by atoms with E-state index in [4.69, 9.17) is 4.55 Å². The molecule has 1 heterocycles. The van der Waals surface area contributed by atoms with Crippen molar-refractivity contribution >= 4 is 20.4 Å². The molecule has 0 aliphatic rings. The maximum atomic E-state index is 12.1. The zero-order chi connectivity index (χ0) is 18.7. The summed E-state index contributed by atoms with van der Waals surface area (Å²) in [5.41, 5.74) is -0.0933. The van der Waals surface area contributed by atoms with Gasteiger partial charge in [0.1, 0.15) is 10.5 Å². The number of rotatable bonds is 7. The van der Waals surface area contributed by atoms with Gasteiger partial charge in [0.25, 0.3) is 0 Å². The molecule has 0 amide bonds. The minimum atomic E-state index is -4.60. The summed E-state index contributed by atoms with van der Waals surface area (Å²) in [6.45, 7) is 3.03. The molecule has 0 saturated heterocycles. The predicted molar refractivity (Wildman–Crippen MR) is 90.4 cm³/mol. The van der Waals surface area contributed by atoms with Gasteiger partial charge in [-0.2, -0.15) is 8.42 Å². The van der Waals surface area contributed by atoms with Gasteiger partial charge in [-0.15, -0.1) is 0 Å². The van der Waals surface area contributed by atoms with Crippen LogP contribution in [0.4, 0.5) is 0 Å². The second kappa shape index (κ2) is 7.18. The van der Waals surface area contributed by atoms with Crippen molar-refractivity contribution in [2.45, 2.75) is 30.9 Å². The Hall–Kier alpha value is -1.85. The van der Waals surface area contributed by atoms with E-state index in [1.54, 1.807) is 24.3 Å². The highest BCUT2D eigenvalue weighted by Gasteiger charge is 2.27. The molecule has 2 rings (SSSR count). The number of nitrogens with one attached hydrogen (secondary N) is 1. The van der Waals surface area contributed by atoms with Gasteiger partial charge in [0, 0.05) is 18.9 Å². The highest BCUT2D eigenvalue weighted by atomic mass is 32.3. The lowest BCUT2D eigenvalue weighted by Crippen LogP contribution is -2.26. The molecule has 0 aliphatic heterocycles. The first kappa shape index (κ1) is 19.5. The summed E-state index contributed by atoms with van der Waals surface area (Å²) >= 11 is 0. The van der Waals surface area contributed by atoms with Crippen LogP contribution < -0.4 is 4.72 Å². The third kappa shape index (κ3) is 5.58. The second-order valence-corrected chi connectivity index (χ2v) is 8.52.